The van der Waals surface area contributed by atoms with Gasteiger partial charge in [0, 0.05) is 32.1 Å². The fourth-order valence-corrected chi connectivity index (χ4v) is 3.66. The Morgan fingerprint density at radius 2 is 1.09 bits per heavy atom. The summed E-state index contributed by atoms with van der Waals surface area (Å²) in [7, 11) is 4.22. The van der Waals surface area contributed by atoms with Gasteiger partial charge < -0.3 is 18.4 Å². The van der Waals surface area contributed by atoms with E-state index in [4.69, 9.17) is 9.47 Å². The van der Waals surface area contributed by atoms with Crippen LogP contribution in [0.15, 0.2) is 0 Å². The summed E-state index contributed by atoms with van der Waals surface area (Å²) in [6, 6.07) is 0. The second kappa shape index (κ2) is 8.11. The highest BCUT2D eigenvalue weighted by atomic mass is 16.5. The third-order valence-electron chi connectivity index (χ3n) is 5.13. The summed E-state index contributed by atoms with van der Waals surface area (Å²) in [5.41, 5.74) is 0. The number of quaternary nitrogens is 2. The van der Waals surface area contributed by atoms with Gasteiger partial charge in [-0.2, -0.15) is 0 Å². The molecule has 2 heterocycles. The zero-order valence-corrected chi connectivity index (χ0v) is 14.7. The molecule has 23 heavy (non-hydrogen) atoms. The first-order valence-electron chi connectivity index (χ1n) is 8.89. The highest BCUT2D eigenvalue weighted by Gasteiger charge is 2.31. The number of likely N-dealkylation sites (tertiary alicyclic amines) is 2. The van der Waals surface area contributed by atoms with Gasteiger partial charge in [-0.15, -0.1) is 0 Å². The summed E-state index contributed by atoms with van der Waals surface area (Å²) in [6.07, 6.45) is 5.34. The zero-order chi connectivity index (χ0) is 16.8. The van der Waals surface area contributed by atoms with E-state index in [9.17, 15) is 9.59 Å². The zero-order valence-electron chi connectivity index (χ0n) is 14.7. The molecule has 0 radical (unpaired) electrons. The van der Waals surface area contributed by atoms with Crippen molar-refractivity contribution < 1.29 is 28.0 Å². The lowest BCUT2D eigenvalue weighted by Gasteiger charge is -2.27. The predicted molar refractivity (Wildman–Crippen MR) is 86.6 cm³/mol. The van der Waals surface area contributed by atoms with Crippen molar-refractivity contribution in [2.24, 2.45) is 0 Å². The minimum Gasteiger partial charge on any atom is -0.461 e. The maximum Gasteiger partial charge on any atom is 0.361 e. The molecule has 0 saturated carbocycles. The molecule has 2 aliphatic heterocycles. The number of ether oxygens (including phenoxy) is 2. The molecule has 2 fully saturated rings. The van der Waals surface area contributed by atoms with E-state index in [2.05, 4.69) is 14.1 Å². The van der Waals surface area contributed by atoms with Crippen LogP contribution in [0.3, 0.4) is 0 Å². The molecular weight excluding hydrogens is 296 g/mol. The molecular formula is C17H32N2O4+2. The number of hydrogen-bond acceptors (Lipinski definition) is 4. The van der Waals surface area contributed by atoms with Crippen molar-refractivity contribution in [2.45, 2.75) is 32.1 Å². The Morgan fingerprint density at radius 1 is 0.739 bits per heavy atom. The molecule has 0 aromatic heterocycles. The van der Waals surface area contributed by atoms with Crippen LogP contribution >= 0.6 is 0 Å². The van der Waals surface area contributed by atoms with Crippen LogP contribution in [0, 0.1) is 0 Å². The SMILES string of the molecule is C[N+]1(CC(=O)OCCCOC(=O)C[N+]2(C)CCCC2)CCCC1. The van der Waals surface area contributed by atoms with Gasteiger partial charge in [0.15, 0.2) is 13.1 Å². The number of likely N-dealkylation sites (N-methyl/N-ethyl adjacent to an activating group) is 2. The van der Waals surface area contributed by atoms with E-state index in [1.807, 2.05) is 0 Å². The monoisotopic (exact) mass is 328 g/mol. The second-order valence-corrected chi connectivity index (χ2v) is 7.66. The van der Waals surface area contributed by atoms with Crippen molar-refractivity contribution in [3.05, 3.63) is 0 Å². The van der Waals surface area contributed by atoms with Crippen LogP contribution in [0.5, 0.6) is 0 Å². The smallest absolute Gasteiger partial charge is 0.361 e. The van der Waals surface area contributed by atoms with E-state index in [0.29, 0.717) is 32.7 Å². The fourth-order valence-electron chi connectivity index (χ4n) is 3.66. The van der Waals surface area contributed by atoms with E-state index in [0.717, 1.165) is 35.1 Å². The Morgan fingerprint density at radius 3 is 1.43 bits per heavy atom. The Kier molecular flexibility index (Phi) is 6.41. The largest absolute Gasteiger partial charge is 0.461 e. The molecule has 132 valence electrons. The van der Waals surface area contributed by atoms with E-state index in [1.54, 1.807) is 0 Å². The van der Waals surface area contributed by atoms with Gasteiger partial charge >= 0.3 is 11.9 Å². The number of carbonyl (C=O) groups excluding carboxylic acids is 2. The Bertz CT molecular complexity index is 375. The third-order valence-corrected chi connectivity index (χ3v) is 5.13. The van der Waals surface area contributed by atoms with Gasteiger partial charge in [-0.05, 0) is 0 Å². The summed E-state index contributed by atoms with van der Waals surface area (Å²) >= 11 is 0. The summed E-state index contributed by atoms with van der Waals surface area (Å²) in [6.45, 7) is 5.81. The first-order valence-corrected chi connectivity index (χ1v) is 8.89. The van der Waals surface area contributed by atoms with Crippen molar-refractivity contribution in [1.82, 2.24) is 0 Å². The Labute approximate surface area is 139 Å². The number of esters is 2. The molecule has 2 rings (SSSR count). The first kappa shape index (κ1) is 18.2. The van der Waals surface area contributed by atoms with Gasteiger partial charge in [-0.3, -0.25) is 0 Å². The maximum absolute atomic E-state index is 11.8. The van der Waals surface area contributed by atoms with Crippen LogP contribution in [0.2, 0.25) is 0 Å². The second-order valence-electron chi connectivity index (χ2n) is 7.66. The van der Waals surface area contributed by atoms with Crippen LogP contribution < -0.4 is 0 Å². The van der Waals surface area contributed by atoms with Crippen LogP contribution in [-0.2, 0) is 19.1 Å². The lowest BCUT2D eigenvalue weighted by Crippen LogP contribution is -2.45. The molecule has 0 aromatic carbocycles. The molecule has 6 nitrogen and oxygen atoms in total. The fraction of sp³-hybridized carbons (Fsp3) is 0.882. The van der Waals surface area contributed by atoms with Crippen LogP contribution in [0.1, 0.15) is 32.1 Å². The molecule has 0 amide bonds. The van der Waals surface area contributed by atoms with Crippen molar-refractivity contribution in [1.29, 1.82) is 0 Å². The molecule has 0 unspecified atom stereocenters. The van der Waals surface area contributed by atoms with Gasteiger partial charge in [0.2, 0.25) is 0 Å². The van der Waals surface area contributed by atoms with E-state index in [-0.39, 0.29) is 11.9 Å². The van der Waals surface area contributed by atoms with Gasteiger partial charge in [0.25, 0.3) is 0 Å². The standard InChI is InChI=1S/C17H32N2O4/c1-18(8-3-4-9-18)14-16(20)22-12-7-13-23-17(21)15-19(2)10-5-6-11-19/h3-15H2,1-2H3/q+2. The number of rotatable bonds is 8. The first-order chi connectivity index (χ1) is 10.9. The highest BCUT2D eigenvalue weighted by Crippen LogP contribution is 2.16. The van der Waals surface area contributed by atoms with E-state index in [1.165, 1.54) is 25.7 Å². The summed E-state index contributed by atoms with van der Waals surface area (Å²) in [4.78, 5) is 23.7. The third kappa shape index (κ3) is 6.11. The van der Waals surface area contributed by atoms with Crippen molar-refractivity contribution >= 4 is 11.9 Å². The lowest BCUT2D eigenvalue weighted by molar-refractivity contribution is -0.890. The Hall–Kier alpha value is -1.14. The van der Waals surface area contributed by atoms with Gasteiger partial charge in [0.05, 0.1) is 53.5 Å². The van der Waals surface area contributed by atoms with Crippen molar-refractivity contribution in [3.8, 4) is 0 Å². The molecule has 0 atom stereocenters. The Balaban J connectivity index is 1.51. The number of nitrogens with zero attached hydrogens (tertiary/aromatic N) is 2. The topological polar surface area (TPSA) is 52.6 Å². The van der Waals surface area contributed by atoms with Crippen LogP contribution in [0.25, 0.3) is 0 Å². The quantitative estimate of drug-likeness (QED) is 0.378. The van der Waals surface area contributed by atoms with Crippen molar-refractivity contribution in [3.63, 3.8) is 0 Å². The molecule has 0 aliphatic carbocycles. The summed E-state index contributed by atoms with van der Waals surface area (Å²) < 4.78 is 12.1. The van der Waals surface area contributed by atoms with Gasteiger partial charge in [0.1, 0.15) is 0 Å². The molecule has 0 spiro atoms. The lowest BCUT2D eigenvalue weighted by atomic mass is 10.4. The number of hydrogen-bond donors (Lipinski definition) is 0. The average molecular weight is 328 g/mol. The normalized spacial score (nSPS) is 22.0. The highest BCUT2D eigenvalue weighted by molar-refractivity contribution is 5.71. The van der Waals surface area contributed by atoms with Gasteiger partial charge in [-0.1, -0.05) is 0 Å². The molecule has 6 heteroatoms. The molecule has 2 aliphatic rings. The van der Waals surface area contributed by atoms with Crippen LogP contribution in [0.4, 0.5) is 0 Å². The van der Waals surface area contributed by atoms with Crippen molar-refractivity contribution in [2.75, 3.05) is 66.6 Å². The minimum atomic E-state index is -0.143. The maximum atomic E-state index is 11.8. The van der Waals surface area contributed by atoms with E-state index < -0.39 is 0 Å². The molecule has 0 bridgehead atoms. The molecule has 0 N–H and O–H groups in total. The molecule has 0 aromatic rings. The average Bonchev–Trinajstić information content (AvgIpc) is 3.07. The molecule has 2 saturated heterocycles. The van der Waals surface area contributed by atoms with E-state index >= 15 is 0 Å². The summed E-state index contributed by atoms with van der Waals surface area (Å²) in [5.74, 6) is -0.285. The number of carbonyl (C=O) groups is 2. The predicted octanol–water partition coefficient (Wildman–Crippen LogP) is 0.944. The van der Waals surface area contributed by atoms with Crippen LogP contribution in [-0.4, -0.2) is 87.5 Å². The van der Waals surface area contributed by atoms with Gasteiger partial charge in [-0.25, -0.2) is 9.59 Å². The summed E-state index contributed by atoms with van der Waals surface area (Å²) in [5, 5.41) is 0. The minimum absolute atomic E-state index is 0.143.